The molecular formula is C5H9P. The molecule has 34 valence electrons. The Balaban J connectivity index is 2.38. The Morgan fingerprint density at radius 3 is 2.83 bits per heavy atom. The topological polar surface area (TPSA) is 0 Å². The summed E-state index contributed by atoms with van der Waals surface area (Å²) in [5, 5.41) is 0. The Labute approximate surface area is 40.4 Å². The van der Waals surface area contributed by atoms with E-state index in [4.69, 9.17) is 0 Å². The van der Waals surface area contributed by atoms with Crippen molar-refractivity contribution in [1.82, 2.24) is 0 Å². The molecule has 0 amide bonds. The van der Waals surface area contributed by atoms with Crippen LogP contribution in [-0.4, -0.2) is 12.0 Å². The van der Waals surface area contributed by atoms with Gasteiger partial charge in [-0.2, -0.15) is 0 Å². The summed E-state index contributed by atoms with van der Waals surface area (Å²) in [7, 11) is 1.56. The van der Waals surface area contributed by atoms with Gasteiger partial charge in [0.05, 0.1) is 0 Å². The summed E-state index contributed by atoms with van der Waals surface area (Å²) in [5.74, 6) is 3.28. The molecule has 0 aliphatic carbocycles. The lowest BCUT2D eigenvalue weighted by Gasteiger charge is -1.88. The van der Waals surface area contributed by atoms with E-state index < -0.39 is 0 Å². The van der Waals surface area contributed by atoms with E-state index in [9.17, 15) is 0 Å². The average Bonchev–Trinajstić information content (AvgIpc) is 1.86. The summed E-state index contributed by atoms with van der Waals surface area (Å²) in [5.41, 5.74) is 0. The Hall–Kier alpha value is 0.170. The molecule has 1 heterocycles. The Bertz CT molecular complexity index is 66.3. The van der Waals surface area contributed by atoms with Crippen molar-refractivity contribution in [2.75, 3.05) is 6.16 Å². The molecule has 0 bridgehead atoms. The van der Waals surface area contributed by atoms with Crippen molar-refractivity contribution in [2.24, 2.45) is 5.92 Å². The van der Waals surface area contributed by atoms with Gasteiger partial charge < -0.3 is 0 Å². The highest BCUT2D eigenvalue weighted by Crippen LogP contribution is 2.15. The standard InChI is InChI=1S/C5H9P/c1-5-2-3-6-4-5/h4-5H,2-3H2,1H3. The van der Waals surface area contributed by atoms with Crippen molar-refractivity contribution in [2.45, 2.75) is 13.3 Å². The largest absolute Gasteiger partial charge is 0.109 e. The molecule has 1 aliphatic heterocycles. The monoisotopic (exact) mass is 100 g/mol. The smallest absolute Gasteiger partial charge is 0.0104 e. The van der Waals surface area contributed by atoms with Gasteiger partial charge in [-0.15, -0.1) is 8.20 Å². The van der Waals surface area contributed by atoms with Crippen LogP contribution >= 0.6 is 8.20 Å². The summed E-state index contributed by atoms with van der Waals surface area (Å²) >= 11 is 0. The maximum Gasteiger partial charge on any atom is -0.0104 e. The quantitative estimate of drug-likeness (QED) is 0.407. The highest BCUT2D eigenvalue weighted by molar-refractivity contribution is 7.39. The van der Waals surface area contributed by atoms with E-state index in [-0.39, 0.29) is 0 Å². The maximum absolute atomic E-state index is 2.38. The van der Waals surface area contributed by atoms with Crippen LogP contribution in [0, 0.1) is 5.92 Å². The first-order valence-electron chi connectivity index (χ1n) is 2.39. The van der Waals surface area contributed by atoms with Crippen LogP contribution in [0.2, 0.25) is 0 Å². The van der Waals surface area contributed by atoms with Gasteiger partial charge in [0, 0.05) is 0 Å². The summed E-state index contributed by atoms with van der Waals surface area (Å²) in [6, 6.07) is 0. The minimum Gasteiger partial charge on any atom is -0.109 e. The van der Waals surface area contributed by atoms with Crippen molar-refractivity contribution >= 4 is 14.0 Å². The van der Waals surface area contributed by atoms with Gasteiger partial charge in [0.1, 0.15) is 0 Å². The molecular weight excluding hydrogens is 91.0 g/mol. The molecule has 0 N–H and O–H groups in total. The third-order valence-corrected chi connectivity index (χ3v) is 2.31. The molecule has 0 nitrogen and oxygen atoms in total. The van der Waals surface area contributed by atoms with Gasteiger partial charge in [-0.1, -0.05) is 12.7 Å². The Kier molecular flexibility index (Phi) is 1.26. The predicted octanol–water partition coefficient (Wildman–Crippen LogP) is 1.77. The lowest BCUT2D eigenvalue weighted by molar-refractivity contribution is 0.782. The fraction of sp³-hybridized carbons (Fsp3) is 0.800. The predicted molar refractivity (Wildman–Crippen MR) is 31.6 cm³/mol. The second kappa shape index (κ2) is 1.75. The van der Waals surface area contributed by atoms with Gasteiger partial charge in [-0.05, 0) is 18.5 Å². The SMILES string of the molecule is CC1C=PCC1. The molecule has 1 atom stereocenters. The molecule has 1 unspecified atom stereocenters. The third-order valence-electron chi connectivity index (χ3n) is 1.07. The van der Waals surface area contributed by atoms with E-state index in [2.05, 4.69) is 12.7 Å². The molecule has 0 saturated heterocycles. The Morgan fingerprint density at radius 1 is 1.83 bits per heavy atom. The van der Waals surface area contributed by atoms with E-state index in [0.717, 1.165) is 5.92 Å². The molecule has 0 radical (unpaired) electrons. The van der Waals surface area contributed by atoms with Crippen LogP contribution in [-0.2, 0) is 0 Å². The van der Waals surface area contributed by atoms with Crippen LogP contribution < -0.4 is 0 Å². The van der Waals surface area contributed by atoms with Gasteiger partial charge in [-0.25, -0.2) is 0 Å². The van der Waals surface area contributed by atoms with Gasteiger partial charge in [0.2, 0.25) is 0 Å². The van der Waals surface area contributed by atoms with Crippen LogP contribution in [0.4, 0.5) is 0 Å². The third kappa shape index (κ3) is 0.815. The summed E-state index contributed by atoms with van der Waals surface area (Å²) in [6.07, 6.45) is 2.82. The van der Waals surface area contributed by atoms with Gasteiger partial charge in [0.15, 0.2) is 0 Å². The lowest BCUT2D eigenvalue weighted by Crippen LogP contribution is -1.85. The second-order valence-corrected chi connectivity index (χ2v) is 2.93. The lowest BCUT2D eigenvalue weighted by atomic mass is 10.2. The average molecular weight is 100 g/mol. The van der Waals surface area contributed by atoms with Crippen LogP contribution in [0.5, 0.6) is 0 Å². The summed E-state index contributed by atoms with van der Waals surface area (Å²) in [6.45, 7) is 2.28. The minimum absolute atomic E-state index is 0.909. The van der Waals surface area contributed by atoms with Crippen molar-refractivity contribution in [3.05, 3.63) is 0 Å². The maximum atomic E-state index is 2.38. The van der Waals surface area contributed by atoms with E-state index in [1.807, 2.05) is 0 Å². The van der Waals surface area contributed by atoms with Crippen molar-refractivity contribution in [1.29, 1.82) is 0 Å². The van der Waals surface area contributed by atoms with E-state index in [1.165, 1.54) is 12.6 Å². The molecule has 0 spiro atoms. The first kappa shape index (κ1) is 4.33. The first-order chi connectivity index (χ1) is 2.89. The van der Waals surface area contributed by atoms with E-state index in [1.54, 1.807) is 8.20 Å². The van der Waals surface area contributed by atoms with Crippen LogP contribution in [0.15, 0.2) is 0 Å². The molecule has 0 saturated carbocycles. The molecule has 6 heavy (non-hydrogen) atoms. The zero-order chi connectivity index (χ0) is 4.41. The fourth-order valence-corrected chi connectivity index (χ4v) is 1.82. The zero-order valence-corrected chi connectivity index (χ0v) is 4.91. The first-order valence-corrected chi connectivity index (χ1v) is 3.54. The van der Waals surface area contributed by atoms with Crippen molar-refractivity contribution in [3.63, 3.8) is 0 Å². The molecule has 0 aromatic carbocycles. The zero-order valence-electron chi connectivity index (χ0n) is 4.02. The van der Waals surface area contributed by atoms with E-state index >= 15 is 0 Å². The highest BCUT2D eigenvalue weighted by Gasteiger charge is 1.99. The summed E-state index contributed by atoms with van der Waals surface area (Å²) in [4.78, 5) is 0. The summed E-state index contributed by atoms with van der Waals surface area (Å²) < 4.78 is 0. The fourth-order valence-electron chi connectivity index (χ4n) is 0.607. The minimum atomic E-state index is 0.909. The van der Waals surface area contributed by atoms with Crippen LogP contribution in [0.3, 0.4) is 0 Å². The molecule has 0 fully saturated rings. The molecule has 1 rings (SSSR count). The van der Waals surface area contributed by atoms with Gasteiger partial charge in [-0.3, -0.25) is 0 Å². The highest BCUT2D eigenvalue weighted by atomic mass is 31.1. The molecule has 1 heteroatoms. The molecule has 0 aromatic rings. The van der Waals surface area contributed by atoms with Crippen molar-refractivity contribution in [3.8, 4) is 0 Å². The molecule has 0 aromatic heterocycles. The van der Waals surface area contributed by atoms with Crippen LogP contribution in [0.1, 0.15) is 13.3 Å². The Morgan fingerprint density at radius 2 is 2.67 bits per heavy atom. The number of hydrogen-bond acceptors (Lipinski definition) is 0. The van der Waals surface area contributed by atoms with Crippen molar-refractivity contribution < 1.29 is 0 Å². The number of hydrogen-bond donors (Lipinski definition) is 0. The van der Waals surface area contributed by atoms with Gasteiger partial charge >= 0.3 is 0 Å². The van der Waals surface area contributed by atoms with Crippen LogP contribution in [0.25, 0.3) is 0 Å². The second-order valence-electron chi connectivity index (χ2n) is 1.82. The number of rotatable bonds is 0. The van der Waals surface area contributed by atoms with Gasteiger partial charge in [0.25, 0.3) is 0 Å². The normalized spacial score (nSPS) is 34.5. The van der Waals surface area contributed by atoms with E-state index in [0.29, 0.717) is 0 Å². The molecule has 1 aliphatic rings.